The zero-order chi connectivity index (χ0) is 11.7. The summed E-state index contributed by atoms with van der Waals surface area (Å²) in [5.41, 5.74) is 5.53. The van der Waals surface area contributed by atoms with Crippen LogP contribution in [0.15, 0.2) is 0 Å². The van der Waals surface area contributed by atoms with Crippen molar-refractivity contribution in [1.82, 2.24) is 9.80 Å². The molecule has 0 aromatic heterocycles. The van der Waals surface area contributed by atoms with Gasteiger partial charge < -0.3 is 10.6 Å². The van der Waals surface area contributed by atoms with Crippen LogP contribution in [0.25, 0.3) is 0 Å². The Hall–Kier alpha value is -0.680. The molecule has 0 aromatic rings. The summed E-state index contributed by atoms with van der Waals surface area (Å²) in [6, 6.07) is 0.668. The Labute approximate surface area is 102 Å². The normalized spacial score (nSPS) is 25.5. The average Bonchev–Trinajstić information content (AvgIpc) is 3.00. The maximum Gasteiger partial charge on any atom is 0.239 e. The highest BCUT2D eigenvalue weighted by Gasteiger charge is 2.40. The molecule has 1 aliphatic heterocycles. The van der Waals surface area contributed by atoms with E-state index in [2.05, 4.69) is 4.90 Å². The predicted molar refractivity (Wildman–Crippen MR) is 67.2 cm³/mol. The van der Waals surface area contributed by atoms with E-state index >= 15 is 0 Å². The number of carbonyl (C=O) groups excluding carboxylic acids is 1. The second kappa shape index (κ2) is 4.67. The minimum absolute atomic E-state index is 0.0758. The van der Waals surface area contributed by atoms with Crippen LogP contribution in [0.2, 0.25) is 0 Å². The van der Waals surface area contributed by atoms with Crippen molar-refractivity contribution in [3.8, 4) is 0 Å². The summed E-state index contributed by atoms with van der Waals surface area (Å²) in [4.78, 5) is 16.6. The van der Waals surface area contributed by atoms with Gasteiger partial charge in [0.05, 0.1) is 11.0 Å². The third-order valence-electron chi connectivity index (χ3n) is 3.43. The van der Waals surface area contributed by atoms with Gasteiger partial charge >= 0.3 is 0 Å². The monoisotopic (exact) mass is 241 g/mol. The summed E-state index contributed by atoms with van der Waals surface area (Å²) >= 11 is 4.90. The van der Waals surface area contributed by atoms with E-state index in [1.807, 2.05) is 11.9 Å². The van der Waals surface area contributed by atoms with Gasteiger partial charge in [-0.1, -0.05) is 12.2 Å². The van der Waals surface area contributed by atoms with Crippen molar-refractivity contribution in [2.45, 2.75) is 37.8 Å². The first kappa shape index (κ1) is 11.8. The average molecular weight is 241 g/mol. The molecule has 2 fully saturated rings. The number of nitrogens with two attached hydrogens (primary N) is 1. The zero-order valence-electron chi connectivity index (χ0n) is 9.69. The molecule has 1 heterocycles. The van der Waals surface area contributed by atoms with E-state index in [0.717, 1.165) is 25.9 Å². The predicted octanol–water partition coefficient (Wildman–Crippen LogP) is 0.358. The molecule has 0 spiro atoms. The lowest BCUT2D eigenvalue weighted by Gasteiger charge is -2.27. The number of hydrogen-bond donors (Lipinski definition) is 1. The van der Waals surface area contributed by atoms with Gasteiger partial charge in [-0.2, -0.15) is 0 Å². The van der Waals surface area contributed by atoms with Crippen molar-refractivity contribution in [1.29, 1.82) is 0 Å². The second-order valence-corrected chi connectivity index (χ2v) is 5.27. The SMILES string of the molecule is CN1CCC(N(CCC(N)=S)C2CC2)C1=O. The van der Waals surface area contributed by atoms with Gasteiger partial charge in [-0.25, -0.2) is 0 Å². The number of nitrogens with zero attached hydrogens (tertiary/aromatic N) is 2. The van der Waals surface area contributed by atoms with Crippen LogP contribution in [0, 0.1) is 0 Å². The molecule has 0 radical (unpaired) electrons. The molecule has 1 atom stereocenters. The summed E-state index contributed by atoms with van der Waals surface area (Å²) in [6.45, 7) is 1.71. The Morgan fingerprint density at radius 2 is 2.25 bits per heavy atom. The molecule has 1 amide bonds. The summed E-state index contributed by atoms with van der Waals surface area (Å²) in [5.74, 6) is 0.259. The molecule has 1 aliphatic carbocycles. The van der Waals surface area contributed by atoms with Crippen molar-refractivity contribution in [3.63, 3.8) is 0 Å². The van der Waals surface area contributed by atoms with Crippen LogP contribution < -0.4 is 5.73 Å². The fourth-order valence-corrected chi connectivity index (χ4v) is 2.44. The van der Waals surface area contributed by atoms with Gasteiger partial charge in [0, 0.05) is 32.6 Å². The Balaban J connectivity index is 1.96. The first-order chi connectivity index (χ1) is 7.59. The van der Waals surface area contributed by atoms with Gasteiger partial charge in [0.2, 0.25) is 5.91 Å². The lowest BCUT2D eigenvalue weighted by molar-refractivity contribution is -0.131. The van der Waals surface area contributed by atoms with E-state index in [1.165, 1.54) is 12.8 Å². The van der Waals surface area contributed by atoms with Crippen LogP contribution in [0.5, 0.6) is 0 Å². The van der Waals surface area contributed by atoms with Gasteiger partial charge in [-0.3, -0.25) is 9.69 Å². The summed E-state index contributed by atoms with van der Waals surface area (Å²) in [6.07, 6.45) is 4.10. The van der Waals surface area contributed by atoms with Gasteiger partial charge in [0.1, 0.15) is 0 Å². The summed E-state index contributed by atoms with van der Waals surface area (Å²) < 4.78 is 0. The van der Waals surface area contributed by atoms with E-state index in [4.69, 9.17) is 18.0 Å². The van der Waals surface area contributed by atoms with Gasteiger partial charge in [0.25, 0.3) is 0 Å². The van der Waals surface area contributed by atoms with Crippen molar-refractivity contribution < 1.29 is 4.79 Å². The molecule has 4 nitrogen and oxygen atoms in total. The summed E-state index contributed by atoms with van der Waals surface area (Å²) in [5, 5.41) is 0. The molecular weight excluding hydrogens is 222 g/mol. The van der Waals surface area contributed by atoms with E-state index < -0.39 is 0 Å². The minimum Gasteiger partial charge on any atom is -0.393 e. The number of rotatable bonds is 5. The standard InChI is InChI=1S/C11H19N3OS/c1-13-6-4-9(11(13)15)14(8-2-3-8)7-5-10(12)16/h8-9H,2-7H2,1H3,(H2,12,16). The third kappa shape index (κ3) is 2.52. The lowest BCUT2D eigenvalue weighted by Crippen LogP contribution is -2.43. The Bertz CT molecular complexity index is 304. The fraction of sp³-hybridized carbons (Fsp3) is 0.818. The van der Waals surface area contributed by atoms with Gasteiger partial charge in [-0.05, 0) is 19.3 Å². The minimum atomic E-state index is 0.0758. The van der Waals surface area contributed by atoms with Gasteiger partial charge in [-0.15, -0.1) is 0 Å². The van der Waals surface area contributed by atoms with E-state index in [0.29, 0.717) is 11.0 Å². The Morgan fingerprint density at radius 3 is 2.69 bits per heavy atom. The maximum atomic E-state index is 11.9. The van der Waals surface area contributed by atoms with E-state index in [9.17, 15) is 4.79 Å². The van der Waals surface area contributed by atoms with Crippen molar-refractivity contribution in [2.75, 3.05) is 20.1 Å². The number of carbonyl (C=O) groups is 1. The van der Waals surface area contributed by atoms with Crippen LogP contribution in [-0.4, -0.2) is 52.9 Å². The molecule has 1 unspecified atom stereocenters. The Morgan fingerprint density at radius 1 is 1.56 bits per heavy atom. The van der Waals surface area contributed by atoms with Crippen LogP contribution >= 0.6 is 12.2 Å². The largest absolute Gasteiger partial charge is 0.393 e. The molecule has 90 valence electrons. The van der Waals surface area contributed by atoms with Gasteiger partial charge in [0.15, 0.2) is 0 Å². The second-order valence-electron chi connectivity index (χ2n) is 4.75. The molecule has 16 heavy (non-hydrogen) atoms. The van der Waals surface area contributed by atoms with E-state index in [-0.39, 0.29) is 11.9 Å². The molecule has 1 saturated heterocycles. The highest BCUT2D eigenvalue weighted by molar-refractivity contribution is 7.80. The quantitative estimate of drug-likeness (QED) is 0.706. The van der Waals surface area contributed by atoms with Crippen LogP contribution in [0.3, 0.4) is 0 Å². The molecular formula is C11H19N3OS. The molecule has 0 aromatic carbocycles. The van der Waals surface area contributed by atoms with Crippen LogP contribution in [-0.2, 0) is 4.79 Å². The van der Waals surface area contributed by atoms with Crippen LogP contribution in [0.1, 0.15) is 25.7 Å². The highest BCUT2D eigenvalue weighted by Crippen LogP contribution is 2.31. The first-order valence-electron chi connectivity index (χ1n) is 5.88. The lowest BCUT2D eigenvalue weighted by atomic mass is 10.2. The number of hydrogen-bond acceptors (Lipinski definition) is 3. The molecule has 1 saturated carbocycles. The molecule has 0 bridgehead atoms. The van der Waals surface area contributed by atoms with E-state index in [1.54, 1.807) is 0 Å². The summed E-state index contributed by atoms with van der Waals surface area (Å²) in [7, 11) is 1.88. The molecule has 2 aliphatic rings. The van der Waals surface area contributed by atoms with Crippen molar-refractivity contribution in [2.24, 2.45) is 5.73 Å². The smallest absolute Gasteiger partial charge is 0.239 e. The number of thiocarbonyl (C=S) groups is 1. The van der Waals surface area contributed by atoms with Crippen LogP contribution in [0.4, 0.5) is 0 Å². The Kier molecular flexibility index (Phi) is 3.44. The number of likely N-dealkylation sites (N-methyl/N-ethyl adjacent to an activating group) is 1. The topological polar surface area (TPSA) is 49.6 Å². The third-order valence-corrected chi connectivity index (χ3v) is 3.64. The number of likely N-dealkylation sites (tertiary alicyclic amines) is 1. The molecule has 2 N–H and O–H groups in total. The fourth-order valence-electron chi connectivity index (χ4n) is 2.35. The maximum absolute atomic E-state index is 11.9. The first-order valence-corrected chi connectivity index (χ1v) is 6.29. The van der Waals surface area contributed by atoms with Crippen molar-refractivity contribution >= 4 is 23.1 Å². The van der Waals surface area contributed by atoms with Crippen molar-refractivity contribution in [3.05, 3.63) is 0 Å². The molecule has 5 heteroatoms. The number of amides is 1. The zero-order valence-corrected chi connectivity index (χ0v) is 10.5. The highest BCUT2D eigenvalue weighted by atomic mass is 32.1. The molecule has 2 rings (SSSR count).